The van der Waals surface area contributed by atoms with Gasteiger partial charge in [-0.15, -0.1) is 0 Å². The number of hydrogen-bond donors (Lipinski definition) is 2. The summed E-state index contributed by atoms with van der Waals surface area (Å²) >= 11 is 0. The molecule has 240 valence electrons. The Labute approximate surface area is 268 Å². The standard InChI is InChI=1S/C34H48N8O2Si/c1-24-17-29(31(43)42(21-24)16-15-41-13-11-40(6)12-14-41)39-32-36-10-9-28(38-32)25-18-26(20-35)30-27(19-25)34(5,22-37-30)23-44-45(7,8)33(2,3)4/h9-10,17-19,21,37H,11-16,22-23H2,1-8H3,(H,36,38,39)/t34-/m1/s1. The maximum absolute atomic E-state index is 13.4. The molecule has 0 bridgehead atoms. The predicted octanol–water partition coefficient (Wildman–Crippen LogP) is 5.18. The first-order chi connectivity index (χ1) is 21.2. The highest BCUT2D eigenvalue weighted by atomic mass is 28.4. The predicted molar refractivity (Wildman–Crippen MR) is 184 cm³/mol. The summed E-state index contributed by atoms with van der Waals surface area (Å²) in [6.45, 7) is 22.3. The van der Waals surface area contributed by atoms with Gasteiger partial charge in [-0.05, 0) is 67.5 Å². The van der Waals surface area contributed by atoms with E-state index >= 15 is 0 Å². The lowest BCUT2D eigenvalue weighted by Gasteiger charge is -2.39. The SMILES string of the molecule is Cc1cc(Nc2nccc(-c3cc(C#N)c4c(c3)[C@@](C)(CO[Si](C)(C)C(C)(C)C)CN4)n2)c(=O)n(CCN2CCN(C)CC2)c1. The highest BCUT2D eigenvalue weighted by molar-refractivity contribution is 6.74. The molecule has 0 saturated carbocycles. The van der Waals surface area contributed by atoms with Crippen molar-refractivity contribution in [1.29, 1.82) is 5.26 Å². The second-order valence-electron chi connectivity index (χ2n) is 14.5. The van der Waals surface area contributed by atoms with E-state index in [2.05, 4.69) is 85.4 Å². The Kier molecular flexibility index (Phi) is 9.24. The maximum Gasteiger partial charge on any atom is 0.274 e. The van der Waals surface area contributed by atoms with E-state index < -0.39 is 8.32 Å². The van der Waals surface area contributed by atoms with Gasteiger partial charge < -0.3 is 24.5 Å². The number of rotatable bonds is 9. The fourth-order valence-corrected chi connectivity index (χ4v) is 6.78. The number of pyridine rings is 1. The summed E-state index contributed by atoms with van der Waals surface area (Å²) in [4.78, 5) is 27.4. The molecule has 0 aliphatic carbocycles. The Bertz CT molecular complexity index is 1650. The largest absolute Gasteiger partial charge is 0.416 e. The number of nitriles is 1. The first-order valence-corrected chi connectivity index (χ1v) is 18.8. The number of fused-ring (bicyclic) bond motifs is 1. The topological polar surface area (TPSA) is 111 Å². The molecule has 0 amide bonds. The van der Waals surface area contributed by atoms with Gasteiger partial charge in [-0.3, -0.25) is 9.69 Å². The van der Waals surface area contributed by atoms with Gasteiger partial charge in [-0.25, -0.2) is 9.97 Å². The lowest BCUT2D eigenvalue weighted by Crippen LogP contribution is -2.45. The molecule has 0 unspecified atom stereocenters. The minimum atomic E-state index is -1.97. The molecular weight excluding hydrogens is 581 g/mol. The summed E-state index contributed by atoms with van der Waals surface area (Å²) in [5, 5.41) is 16.9. The molecule has 10 nitrogen and oxygen atoms in total. The Morgan fingerprint density at radius 1 is 1.16 bits per heavy atom. The molecule has 1 atom stereocenters. The number of piperazine rings is 1. The van der Waals surface area contributed by atoms with Crippen LogP contribution in [0.15, 0.2) is 41.5 Å². The molecule has 2 aliphatic rings. The van der Waals surface area contributed by atoms with Crippen molar-refractivity contribution in [2.75, 3.05) is 63.6 Å². The summed E-state index contributed by atoms with van der Waals surface area (Å²) in [6.07, 6.45) is 3.60. The molecule has 0 spiro atoms. The summed E-state index contributed by atoms with van der Waals surface area (Å²) in [5.41, 5.74) is 5.04. The van der Waals surface area contributed by atoms with Gasteiger partial charge in [0.1, 0.15) is 11.8 Å². The zero-order valence-corrected chi connectivity index (χ0v) is 29.1. The molecule has 45 heavy (non-hydrogen) atoms. The number of anilines is 3. The minimum absolute atomic E-state index is 0.100. The second kappa shape index (κ2) is 12.7. The van der Waals surface area contributed by atoms with Gasteiger partial charge in [0.05, 0.1) is 16.9 Å². The Morgan fingerprint density at radius 3 is 2.58 bits per heavy atom. The third-order valence-corrected chi connectivity index (χ3v) is 14.3. The third kappa shape index (κ3) is 7.15. The first-order valence-electron chi connectivity index (χ1n) is 15.9. The van der Waals surface area contributed by atoms with Gasteiger partial charge in [-0.1, -0.05) is 27.7 Å². The molecular formula is C34H48N8O2Si. The van der Waals surface area contributed by atoms with Crippen LogP contribution in [0.25, 0.3) is 11.3 Å². The smallest absolute Gasteiger partial charge is 0.274 e. The Morgan fingerprint density at radius 2 is 1.89 bits per heavy atom. The highest BCUT2D eigenvalue weighted by Crippen LogP contribution is 2.44. The van der Waals surface area contributed by atoms with Crippen molar-refractivity contribution in [1.82, 2.24) is 24.3 Å². The van der Waals surface area contributed by atoms with Gasteiger partial charge in [0.2, 0.25) is 5.95 Å². The minimum Gasteiger partial charge on any atom is -0.416 e. The average Bonchev–Trinajstić information content (AvgIpc) is 3.33. The highest BCUT2D eigenvalue weighted by Gasteiger charge is 2.42. The average molecular weight is 629 g/mol. The van der Waals surface area contributed by atoms with Crippen LogP contribution in [0.2, 0.25) is 18.1 Å². The zero-order chi connectivity index (χ0) is 32.6. The van der Waals surface area contributed by atoms with Crippen LogP contribution in [0.5, 0.6) is 0 Å². The quantitative estimate of drug-likeness (QED) is 0.310. The van der Waals surface area contributed by atoms with E-state index in [1.54, 1.807) is 10.8 Å². The van der Waals surface area contributed by atoms with Crippen molar-refractivity contribution in [2.45, 2.75) is 64.7 Å². The van der Waals surface area contributed by atoms with Crippen molar-refractivity contribution in [2.24, 2.45) is 0 Å². The van der Waals surface area contributed by atoms with Crippen LogP contribution in [0.1, 0.15) is 44.4 Å². The van der Waals surface area contributed by atoms with Crippen molar-refractivity contribution in [3.05, 3.63) is 63.7 Å². The van der Waals surface area contributed by atoms with Crippen molar-refractivity contribution in [3.8, 4) is 17.3 Å². The van der Waals surface area contributed by atoms with E-state index in [1.807, 2.05) is 31.3 Å². The van der Waals surface area contributed by atoms with Crippen LogP contribution in [0.4, 0.5) is 17.3 Å². The van der Waals surface area contributed by atoms with E-state index in [0.29, 0.717) is 42.6 Å². The molecule has 1 fully saturated rings. The molecule has 11 heteroatoms. The Hall–Kier alpha value is -3.56. The number of hydrogen-bond acceptors (Lipinski definition) is 9. The fraction of sp³-hybridized carbons (Fsp3) is 0.529. The normalized spacial score (nSPS) is 19.2. The Balaban J connectivity index is 1.39. The number of aromatic nitrogens is 3. The fourth-order valence-electron chi connectivity index (χ4n) is 5.67. The van der Waals surface area contributed by atoms with Crippen molar-refractivity contribution < 1.29 is 4.43 Å². The van der Waals surface area contributed by atoms with Crippen LogP contribution in [0.3, 0.4) is 0 Å². The van der Waals surface area contributed by atoms with Crippen LogP contribution in [0, 0.1) is 18.3 Å². The number of likely N-dealkylation sites (N-methyl/N-ethyl adjacent to an activating group) is 1. The molecule has 5 rings (SSSR count). The molecule has 0 radical (unpaired) electrons. The van der Waals surface area contributed by atoms with Gasteiger partial charge in [0.15, 0.2) is 8.32 Å². The van der Waals surface area contributed by atoms with E-state index in [4.69, 9.17) is 9.41 Å². The van der Waals surface area contributed by atoms with Crippen LogP contribution < -0.4 is 16.2 Å². The second-order valence-corrected chi connectivity index (χ2v) is 19.3. The van der Waals surface area contributed by atoms with Crippen LogP contribution in [-0.2, 0) is 16.4 Å². The molecule has 4 heterocycles. The summed E-state index contributed by atoms with van der Waals surface area (Å²) in [7, 11) is 0.176. The van der Waals surface area contributed by atoms with Crippen LogP contribution >= 0.6 is 0 Å². The molecule has 2 aliphatic heterocycles. The van der Waals surface area contributed by atoms with Crippen molar-refractivity contribution >= 4 is 25.6 Å². The molecule has 1 aromatic carbocycles. The zero-order valence-electron chi connectivity index (χ0n) is 28.1. The van der Waals surface area contributed by atoms with E-state index in [0.717, 1.165) is 55.1 Å². The molecule has 2 N–H and O–H groups in total. The number of aryl methyl sites for hydroxylation is 1. The summed E-state index contributed by atoms with van der Waals surface area (Å²) in [6, 6.07) is 10.1. The number of benzene rings is 1. The third-order valence-electron chi connectivity index (χ3n) is 9.80. The first kappa shape index (κ1) is 32.8. The molecule has 1 saturated heterocycles. The summed E-state index contributed by atoms with van der Waals surface area (Å²) in [5.74, 6) is 0.335. The van der Waals surface area contributed by atoms with Gasteiger partial charge in [0, 0.05) is 75.8 Å². The number of nitrogens with one attached hydrogen (secondary N) is 2. The molecule has 3 aromatic rings. The van der Waals surface area contributed by atoms with E-state index in [-0.39, 0.29) is 16.0 Å². The van der Waals surface area contributed by atoms with Crippen molar-refractivity contribution in [3.63, 3.8) is 0 Å². The summed E-state index contributed by atoms with van der Waals surface area (Å²) < 4.78 is 8.45. The lowest BCUT2D eigenvalue weighted by molar-refractivity contribution is 0.149. The maximum atomic E-state index is 13.4. The van der Waals surface area contributed by atoms with E-state index in [9.17, 15) is 10.1 Å². The van der Waals surface area contributed by atoms with E-state index in [1.165, 1.54) is 0 Å². The monoisotopic (exact) mass is 628 g/mol. The molecule has 2 aromatic heterocycles. The van der Waals surface area contributed by atoms with Gasteiger partial charge in [0.25, 0.3) is 5.56 Å². The van der Waals surface area contributed by atoms with Crippen LogP contribution in [-0.4, -0.2) is 85.6 Å². The lowest BCUT2D eigenvalue weighted by atomic mass is 9.83. The number of nitrogens with zero attached hydrogens (tertiary/aromatic N) is 6. The van der Waals surface area contributed by atoms with Gasteiger partial charge in [-0.2, -0.15) is 5.26 Å². The van der Waals surface area contributed by atoms with Gasteiger partial charge >= 0.3 is 0 Å².